The molecule has 0 saturated carbocycles. The molecular formula is C15H16N4. The number of nitrogen functional groups attached to an aromatic ring is 1. The average molecular weight is 252 g/mol. The van der Waals surface area contributed by atoms with Crippen LogP contribution in [0.3, 0.4) is 0 Å². The first-order valence-electron chi connectivity index (χ1n) is 6.41. The molecule has 2 aromatic rings. The highest BCUT2D eigenvalue weighted by Gasteiger charge is 2.18. The molecule has 0 aliphatic carbocycles. The van der Waals surface area contributed by atoms with E-state index >= 15 is 0 Å². The zero-order valence-electron chi connectivity index (χ0n) is 10.6. The molecule has 96 valence electrons. The number of nitrogens with two attached hydrogens (primary N) is 1. The number of hydrogen-bond acceptors (Lipinski definition) is 3. The van der Waals surface area contributed by atoms with Crippen molar-refractivity contribution in [1.82, 2.24) is 4.98 Å². The van der Waals surface area contributed by atoms with Gasteiger partial charge in [0.1, 0.15) is 11.7 Å². The van der Waals surface area contributed by atoms with Crippen molar-refractivity contribution >= 4 is 17.3 Å². The van der Waals surface area contributed by atoms with Crippen LogP contribution in [-0.2, 0) is 6.42 Å². The van der Waals surface area contributed by atoms with Crippen molar-refractivity contribution in [3.8, 4) is 0 Å². The molecule has 1 aliphatic heterocycles. The summed E-state index contributed by atoms with van der Waals surface area (Å²) in [6.45, 7) is 0.950. The van der Waals surface area contributed by atoms with Crippen LogP contribution in [0, 0.1) is 5.41 Å². The van der Waals surface area contributed by atoms with Crippen molar-refractivity contribution in [1.29, 1.82) is 5.41 Å². The molecule has 19 heavy (non-hydrogen) atoms. The maximum atomic E-state index is 7.52. The first-order valence-corrected chi connectivity index (χ1v) is 6.41. The molecule has 1 aromatic carbocycles. The van der Waals surface area contributed by atoms with Gasteiger partial charge in [0.05, 0.1) is 0 Å². The first kappa shape index (κ1) is 11.7. The zero-order chi connectivity index (χ0) is 13.2. The highest BCUT2D eigenvalue weighted by molar-refractivity contribution is 5.95. The molecule has 0 radical (unpaired) electrons. The predicted octanol–water partition coefficient (Wildman–Crippen LogP) is 2.45. The Morgan fingerprint density at radius 2 is 2.11 bits per heavy atom. The predicted molar refractivity (Wildman–Crippen MR) is 77.0 cm³/mol. The number of amidine groups is 1. The number of aromatic nitrogens is 1. The minimum absolute atomic E-state index is 0.0777. The Kier molecular flexibility index (Phi) is 2.91. The lowest BCUT2D eigenvalue weighted by Gasteiger charge is -2.30. The van der Waals surface area contributed by atoms with Crippen molar-refractivity contribution in [2.45, 2.75) is 12.8 Å². The Hall–Kier alpha value is -2.36. The summed E-state index contributed by atoms with van der Waals surface area (Å²) in [5, 5.41) is 7.52. The third kappa shape index (κ3) is 2.17. The molecule has 3 rings (SSSR count). The second-order valence-corrected chi connectivity index (χ2v) is 4.70. The van der Waals surface area contributed by atoms with Crippen LogP contribution in [0.4, 0.5) is 11.5 Å². The summed E-state index contributed by atoms with van der Waals surface area (Å²) >= 11 is 0. The molecule has 0 saturated heterocycles. The molecule has 0 spiro atoms. The Balaban J connectivity index is 2.04. The first-order chi connectivity index (χ1) is 9.25. The summed E-state index contributed by atoms with van der Waals surface area (Å²) in [6.07, 6.45) is 3.94. The Morgan fingerprint density at radius 3 is 2.95 bits per heavy atom. The second-order valence-electron chi connectivity index (χ2n) is 4.70. The minimum Gasteiger partial charge on any atom is -0.384 e. The van der Waals surface area contributed by atoms with E-state index in [9.17, 15) is 0 Å². The van der Waals surface area contributed by atoms with Gasteiger partial charge in [-0.3, -0.25) is 5.41 Å². The Morgan fingerprint density at radius 1 is 1.26 bits per heavy atom. The van der Waals surface area contributed by atoms with Gasteiger partial charge in [-0.25, -0.2) is 4.98 Å². The summed E-state index contributed by atoms with van der Waals surface area (Å²) in [6, 6.07) is 12.0. The summed E-state index contributed by atoms with van der Waals surface area (Å²) in [4.78, 5) is 6.62. The smallest absolute Gasteiger partial charge is 0.133 e. The zero-order valence-corrected chi connectivity index (χ0v) is 10.6. The molecule has 3 N–H and O–H groups in total. The quantitative estimate of drug-likeness (QED) is 0.637. The molecule has 4 nitrogen and oxygen atoms in total. The number of anilines is 2. The fraction of sp³-hybridized carbons (Fsp3) is 0.200. The molecule has 0 atom stereocenters. The molecule has 0 bridgehead atoms. The van der Waals surface area contributed by atoms with Crippen LogP contribution in [0.2, 0.25) is 0 Å². The van der Waals surface area contributed by atoms with Crippen molar-refractivity contribution in [3.63, 3.8) is 0 Å². The maximum Gasteiger partial charge on any atom is 0.133 e. The summed E-state index contributed by atoms with van der Waals surface area (Å²) in [5.41, 5.74) is 8.82. The van der Waals surface area contributed by atoms with Crippen molar-refractivity contribution in [2.75, 3.05) is 11.4 Å². The van der Waals surface area contributed by atoms with Gasteiger partial charge < -0.3 is 10.6 Å². The van der Waals surface area contributed by atoms with E-state index in [4.69, 9.17) is 11.1 Å². The van der Waals surface area contributed by atoms with E-state index in [0.29, 0.717) is 5.56 Å². The third-order valence-electron chi connectivity index (χ3n) is 3.44. The van der Waals surface area contributed by atoms with Crippen LogP contribution >= 0.6 is 0 Å². The number of nitrogens with zero attached hydrogens (tertiary/aromatic N) is 2. The molecule has 4 heteroatoms. The largest absolute Gasteiger partial charge is 0.384 e. The van der Waals surface area contributed by atoms with Gasteiger partial charge in [-0.15, -0.1) is 0 Å². The molecule has 1 aliphatic rings. The van der Waals surface area contributed by atoms with Crippen molar-refractivity contribution < 1.29 is 0 Å². The molecule has 0 unspecified atom stereocenters. The Bertz CT molecular complexity index is 621. The lowest BCUT2D eigenvalue weighted by atomic mass is 10.0. The number of para-hydroxylation sites is 1. The third-order valence-corrected chi connectivity index (χ3v) is 3.44. The van der Waals surface area contributed by atoms with E-state index in [0.717, 1.165) is 25.2 Å². The molecule has 0 amide bonds. The van der Waals surface area contributed by atoms with Crippen molar-refractivity contribution in [3.05, 3.63) is 53.7 Å². The lowest BCUT2D eigenvalue weighted by molar-refractivity contribution is 0.759. The highest BCUT2D eigenvalue weighted by Crippen LogP contribution is 2.32. The standard InChI is InChI=1S/C15H16N4/c16-15(17)12-7-8-18-14(10-12)19-9-3-5-11-4-1-2-6-13(11)19/h1-2,4,6-8,10H,3,5,9H2,(H3,16,17). The summed E-state index contributed by atoms with van der Waals surface area (Å²) < 4.78 is 0. The number of benzene rings is 1. The number of rotatable bonds is 2. The number of nitrogens with one attached hydrogen (secondary N) is 1. The number of fused-ring (bicyclic) bond motifs is 1. The van der Waals surface area contributed by atoms with Crippen molar-refractivity contribution in [2.24, 2.45) is 5.73 Å². The van der Waals surface area contributed by atoms with E-state index in [1.165, 1.54) is 11.3 Å². The van der Waals surface area contributed by atoms with Crippen LogP contribution in [0.25, 0.3) is 0 Å². The normalized spacial score (nSPS) is 14.0. The number of hydrogen-bond donors (Lipinski definition) is 2. The fourth-order valence-electron chi connectivity index (χ4n) is 2.51. The van der Waals surface area contributed by atoms with Gasteiger partial charge in [-0.05, 0) is 36.6 Å². The van der Waals surface area contributed by atoms with E-state index in [2.05, 4.69) is 28.1 Å². The Labute approximate surface area is 112 Å². The second kappa shape index (κ2) is 4.72. The average Bonchev–Trinajstić information content (AvgIpc) is 2.47. The highest BCUT2D eigenvalue weighted by atomic mass is 15.2. The molecular weight excluding hydrogens is 236 g/mol. The van der Waals surface area contributed by atoms with E-state index < -0.39 is 0 Å². The minimum atomic E-state index is 0.0777. The van der Waals surface area contributed by atoms with Gasteiger partial charge in [-0.1, -0.05) is 18.2 Å². The van der Waals surface area contributed by atoms with Gasteiger partial charge in [0, 0.05) is 24.0 Å². The van der Waals surface area contributed by atoms with Crippen LogP contribution in [0.1, 0.15) is 17.5 Å². The SMILES string of the molecule is N=C(N)c1ccnc(N2CCCc3ccccc32)c1. The van der Waals surface area contributed by atoms with Crippen LogP contribution in [-0.4, -0.2) is 17.4 Å². The monoisotopic (exact) mass is 252 g/mol. The lowest BCUT2D eigenvalue weighted by Crippen LogP contribution is -2.25. The fourth-order valence-corrected chi connectivity index (χ4v) is 2.51. The van der Waals surface area contributed by atoms with Gasteiger partial charge in [0.15, 0.2) is 0 Å². The van der Waals surface area contributed by atoms with Crippen LogP contribution in [0.15, 0.2) is 42.6 Å². The topological polar surface area (TPSA) is 66.0 Å². The van der Waals surface area contributed by atoms with Crippen LogP contribution < -0.4 is 10.6 Å². The van der Waals surface area contributed by atoms with E-state index in [-0.39, 0.29) is 5.84 Å². The summed E-state index contributed by atoms with van der Waals surface area (Å²) in [5.74, 6) is 0.939. The van der Waals surface area contributed by atoms with Crippen LogP contribution in [0.5, 0.6) is 0 Å². The molecule has 1 aromatic heterocycles. The number of pyridine rings is 1. The maximum absolute atomic E-state index is 7.52. The summed E-state index contributed by atoms with van der Waals surface area (Å²) in [7, 11) is 0. The molecule has 0 fully saturated rings. The van der Waals surface area contributed by atoms with Gasteiger partial charge in [0.25, 0.3) is 0 Å². The van der Waals surface area contributed by atoms with Gasteiger partial charge >= 0.3 is 0 Å². The van der Waals surface area contributed by atoms with E-state index in [1.807, 2.05) is 12.1 Å². The van der Waals surface area contributed by atoms with E-state index in [1.54, 1.807) is 12.3 Å². The molecule has 2 heterocycles. The number of aryl methyl sites for hydroxylation is 1. The van der Waals surface area contributed by atoms with Gasteiger partial charge in [0.2, 0.25) is 0 Å². The van der Waals surface area contributed by atoms with Gasteiger partial charge in [-0.2, -0.15) is 0 Å².